The fraction of sp³-hybridized carbons (Fsp3) is 0.333. The molecule has 0 aliphatic heterocycles. The summed E-state index contributed by atoms with van der Waals surface area (Å²) >= 11 is 1.43. The van der Waals surface area contributed by atoms with Gasteiger partial charge in [0.25, 0.3) is 5.56 Å². The minimum absolute atomic E-state index is 0.199. The van der Waals surface area contributed by atoms with Gasteiger partial charge in [-0.15, -0.1) is 11.3 Å². The Morgan fingerprint density at radius 2 is 2.21 bits per heavy atom. The van der Waals surface area contributed by atoms with Gasteiger partial charge in [-0.1, -0.05) is 0 Å². The maximum absolute atomic E-state index is 11.7. The molecule has 0 radical (unpaired) electrons. The molecule has 0 spiro atoms. The van der Waals surface area contributed by atoms with E-state index in [2.05, 4.69) is 4.98 Å². The maximum atomic E-state index is 11.7. The molecule has 0 aliphatic rings. The lowest BCUT2D eigenvalue weighted by molar-refractivity contribution is 0.685. The van der Waals surface area contributed by atoms with E-state index in [1.807, 2.05) is 13.0 Å². The summed E-state index contributed by atoms with van der Waals surface area (Å²) in [7, 11) is 0. The lowest BCUT2D eigenvalue weighted by Crippen LogP contribution is -2.33. The van der Waals surface area contributed by atoms with Crippen molar-refractivity contribution in [2.75, 3.05) is 0 Å². The van der Waals surface area contributed by atoms with E-state index in [-0.39, 0.29) is 11.2 Å². The molecule has 0 amide bonds. The van der Waals surface area contributed by atoms with Gasteiger partial charge in [0, 0.05) is 11.4 Å². The number of aromatic nitrogens is 2. The summed E-state index contributed by atoms with van der Waals surface area (Å²) in [5, 5.41) is 0.606. The van der Waals surface area contributed by atoms with Crippen LogP contribution >= 0.6 is 11.3 Å². The van der Waals surface area contributed by atoms with Crippen LogP contribution in [0.3, 0.4) is 0 Å². The Kier molecular flexibility index (Phi) is 2.03. The van der Waals surface area contributed by atoms with Crippen molar-refractivity contribution in [2.45, 2.75) is 20.4 Å². The summed E-state index contributed by atoms with van der Waals surface area (Å²) in [5.41, 5.74) is -0.526. The molecule has 0 saturated heterocycles. The first kappa shape index (κ1) is 9.21. The van der Waals surface area contributed by atoms with Crippen molar-refractivity contribution in [3.63, 3.8) is 0 Å². The first-order valence-electron chi connectivity index (χ1n) is 4.36. The number of fused-ring (bicyclic) bond motifs is 1. The molecular weight excluding hydrogens is 200 g/mol. The molecule has 0 saturated carbocycles. The molecule has 4 nitrogen and oxygen atoms in total. The molecule has 2 aromatic heterocycles. The van der Waals surface area contributed by atoms with Gasteiger partial charge in [0.15, 0.2) is 0 Å². The highest BCUT2D eigenvalue weighted by atomic mass is 32.1. The van der Waals surface area contributed by atoms with E-state index in [1.54, 1.807) is 6.92 Å². The van der Waals surface area contributed by atoms with E-state index in [4.69, 9.17) is 0 Å². The Hall–Kier alpha value is -1.36. The molecular formula is C9H10N2O2S. The van der Waals surface area contributed by atoms with E-state index < -0.39 is 0 Å². The number of H-pyrrole nitrogens is 1. The Balaban J connectivity index is 3.00. The second-order valence-corrected chi connectivity index (χ2v) is 4.34. The van der Waals surface area contributed by atoms with Gasteiger partial charge < -0.3 is 0 Å². The van der Waals surface area contributed by atoms with Crippen molar-refractivity contribution in [3.8, 4) is 0 Å². The molecule has 2 heterocycles. The summed E-state index contributed by atoms with van der Waals surface area (Å²) in [5.74, 6) is 0. The molecule has 2 rings (SSSR count). The lowest BCUT2D eigenvalue weighted by Gasteiger charge is -1.98. The van der Waals surface area contributed by atoms with Crippen LogP contribution in [0.25, 0.3) is 10.2 Å². The van der Waals surface area contributed by atoms with Crippen LogP contribution in [0.4, 0.5) is 0 Å². The highest BCUT2D eigenvalue weighted by Crippen LogP contribution is 2.18. The Morgan fingerprint density at radius 3 is 2.86 bits per heavy atom. The van der Waals surface area contributed by atoms with E-state index in [0.717, 1.165) is 4.88 Å². The fourth-order valence-electron chi connectivity index (χ4n) is 1.46. The van der Waals surface area contributed by atoms with Crippen molar-refractivity contribution >= 4 is 21.6 Å². The van der Waals surface area contributed by atoms with Gasteiger partial charge in [0.1, 0.15) is 4.83 Å². The van der Waals surface area contributed by atoms with Gasteiger partial charge in [-0.2, -0.15) is 0 Å². The fourth-order valence-corrected chi connectivity index (χ4v) is 2.35. The van der Waals surface area contributed by atoms with Crippen LogP contribution in [-0.2, 0) is 6.54 Å². The van der Waals surface area contributed by atoms with Gasteiger partial charge in [-0.3, -0.25) is 14.3 Å². The molecule has 0 aromatic carbocycles. The smallest absolute Gasteiger partial charge is 0.298 e. The predicted molar refractivity (Wildman–Crippen MR) is 57.1 cm³/mol. The number of nitrogens with zero attached hydrogens (tertiary/aromatic N) is 1. The van der Waals surface area contributed by atoms with Crippen LogP contribution in [-0.4, -0.2) is 9.55 Å². The van der Waals surface area contributed by atoms with Gasteiger partial charge in [0.2, 0.25) is 0 Å². The Labute approximate surface area is 83.8 Å². The summed E-state index contributed by atoms with van der Waals surface area (Å²) in [6, 6.07) is 1.81. The highest BCUT2D eigenvalue weighted by molar-refractivity contribution is 7.18. The standard InChI is InChI=1S/C9H10N2O2S/c1-3-11-8(12)6-4-5(2)14-7(6)10-9(11)13/h4H,3H2,1-2H3,(H,10,13). The van der Waals surface area contributed by atoms with Gasteiger partial charge in [0.05, 0.1) is 5.39 Å². The monoisotopic (exact) mass is 210 g/mol. The van der Waals surface area contributed by atoms with Crippen LogP contribution in [0.5, 0.6) is 0 Å². The zero-order valence-corrected chi connectivity index (χ0v) is 8.77. The number of nitrogens with one attached hydrogen (secondary N) is 1. The number of thiophene rings is 1. The summed E-state index contributed by atoms with van der Waals surface area (Å²) < 4.78 is 1.20. The zero-order valence-electron chi connectivity index (χ0n) is 7.96. The van der Waals surface area contributed by atoms with Crippen molar-refractivity contribution in [1.82, 2.24) is 9.55 Å². The third-order valence-electron chi connectivity index (χ3n) is 2.11. The molecule has 14 heavy (non-hydrogen) atoms. The second-order valence-electron chi connectivity index (χ2n) is 3.08. The van der Waals surface area contributed by atoms with Crippen molar-refractivity contribution in [3.05, 3.63) is 31.8 Å². The minimum Gasteiger partial charge on any atom is -0.298 e. The molecule has 0 fully saturated rings. The summed E-state index contributed by atoms with van der Waals surface area (Å²) in [6.07, 6.45) is 0. The van der Waals surface area contributed by atoms with Crippen molar-refractivity contribution in [1.29, 1.82) is 0 Å². The van der Waals surface area contributed by atoms with E-state index in [9.17, 15) is 9.59 Å². The molecule has 0 aliphatic carbocycles. The number of aryl methyl sites for hydroxylation is 1. The van der Waals surface area contributed by atoms with Crippen LogP contribution in [0.1, 0.15) is 11.8 Å². The van der Waals surface area contributed by atoms with Gasteiger partial charge in [-0.05, 0) is 19.9 Å². The van der Waals surface area contributed by atoms with Crippen LogP contribution < -0.4 is 11.2 Å². The molecule has 5 heteroatoms. The molecule has 0 unspecified atom stereocenters. The van der Waals surface area contributed by atoms with Gasteiger partial charge >= 0.3 is 5.69 Å². The number of hydrogen-bond donors (Lipinski definition) is 1. The molecule has 74 valence electrons. The van der Waals surface area contributed by atoms with Crippen molar-refractivity contribution in [2.24, 2.45) is 0 Å². The topological polar surface area (TPSA) is 54.9 Å². The second kappa shape index (κ2) is 3.09. The zero-order chi connectivity index (χ0) is 10.3. The molecule has 0 atom stereocenters. The normalized spacial score (nSPS) is 11.0. The minimum atomic E-state index is -0.327. The SMILES string of the molecule is CCn1c(=O)[nH]c2sc(C)cc2c1=O. The third-order valence-corrected chi connectivity index (χ3v) is 3.08. The first-order chi connectivity index (χ1) is 6.63. The maximum Gasteiger partial charge on any atom is 0.329 e. The largest absolute Gasteiger partial charge is 0.329 e. The molecule has 0 bridgehead atoms. The summed E-state index contributed by atoms with van der Waals surface area (Å²) in [6.45, 7) is 4.10. The van der Waals surface area contributed by atoms with Crippen molar-refractivity contribution < 1.29 is 0 Å². The van der Waals surface area contributed by atoms with E-state index >= 15 is 0 Å². The number of rotatable bonds is 1. The molecule has 1 N–H and O–H groups in total. The van der Waals surface area contributed by atoms with E-state index in [0.29, 0.717) is 16.8 Å². The van der Waals surface area contributed by atoms with Crippen LogP contribution in [0.15, 0.2) is 15.7 Å². The number of hydrogen-bond acceptors (Lipinski definition) is 3. The van der Waals surface area contributed by atoms with E-state index in [1.165, 1.54) is 15.9 Å². The lowest BCUT2D eigenvalue weighted by atomic mass is 10.4. The third kappa shape index (κ3) is 1.21. The van der Waals surface area contributed by atoms with Gasteiger partial charge in [-0.25, -0.2) is 4.79 Å². The quantitative estimate of drug-likeness (QED) is 0.765. The average Bonchev–Trinajstić information content (AvgIpc) is 2.47. The molecule has 2 aromatic rings. The Morgan fingerprint density at radius 1 is 1.50 bits per heavy atom. The Bertz CT molecular complexity index is 591. The average molecular weight is 210 g/mol. The predicted octanol–water partition coefficient (Wildman–Crippen LogP) is 1.08. The van der Waals surface area contributed by atoms with Crippen LogP contribution in [0.2, 0.25) is 0 Å². The van der Waals surface area contributed by atoms with Crippen LogP contribution in [0, 0.1) is 6.92 Å². The first-order valence-corrected chi connectivity index (χ1v) is 5.18. The summed E-state index contributed by atoms with van der Waals surface area (Å²) in [4.78, 5) is 27.5. The highest BCUT2D eigenvalue weighted by Gasteiger charge is 2.07. The number of aromatic amines is 1.